The minimum absolute atomic E-state index is 0.108. The standard InChI is InChI=1S/C14H13Br2N/c1-9-4-2-3-5-11(9)14(17)12-8-10(15)6-7-13(12)16/h2-8,14H,17H2,1H3. The van der Waals surface area contributed by atoms with Crippen LogP contribution in [0, 0.1) is 6.92 Å². The van der Waals surface area contributed by atoms with E-state index in [0.717, 1.165) is 20.1 Å². The van der Waals surface area contributed by atoms with Gasteiger partial charge >= 0.3 is 0 Å². The molecule has 0 amide bonds. The second-order valence-corrected chi connectivity index (χ2v) is 5.77. The van der Waals surface area contributed by atoms with Gasteiger partial charge in [-0.1, -0.05) is 56.1 Å². The summed E-state index contributed by atoms with van der Waals surface area (Å²) < 4.78 is 2.08. The third-order valence-corrected chi connectivity index (χ3v) is 4.03. The van der Waals surface area contributed by atoms with Crippen LogP contribution < -0.4 is 5.73 Å². The van der Waals surface area contributed by atoms with Crippen LogP contribution in [0.1, 0.15) is 22.7 Å². The summed E-state index contributed by atoms with van der Waals surface area (Å²) in [6.45, 7) is 2.08. The fourth-order valence-corrected chi connectivity index (χ4v) is 2.73. The first-order valence-electron chi connectivity index (χ1n) is 5.35. The maximum absolute atomic E-state index is 6.34. The minimum Gasteiger partial charge on any atom is -0.320 e. The van der Waals surface area contributed by atoms with Crippen LogP contribution in [0.2, 0.25) is 0 Å². The highest BCUT2D eigenvalue weighted by Gasteiger charge is 2.14. The average Bonchev–Trinajstić information content (AvgIpc) is 2.32. The van der Waals surface area contributed by atoms with E-state index in [1.54, 1.807) is 0 Å². The average molecular weight is 355 g/mol. The molecule has 0 fully saturated rings. The molecular weight excluding hydrogens is 342 g/mol. The molecule has 2 rings (SSSR count). The third-order valence-electron chi connectivity index (χ3n) is 2.82. The summed E-state index contributed by atoms with van der Waals surface area (Å²) in [4.78, 5) is 0. The molecule has 0 aliphatic rings. The van der Waals surface area contributed by atoms with Gasteiger partial charge in [-0.25, -0.2) is 0 Å². The van der Waals surface area contributed by atoms with E-state index in [1.165, 1.54) is 5.56 Å². The molecule has 88 valence electrons. The maximum Gasteiger partial charge on any atom is 0.0565 e. The Morgan fingerprint density at radius 2 is 1.71 bits per heavy atom. The zero-order valence-corrected chi connectivity index (χ0v) is 12.6. The van der Waals surface area contributed by atoms with Crippen molar-refractivity contribution in [3.05, 3.63) is 68.1 Å². The fourth-order valence-electron chi connectivity index (χ4n) is 1.86. The normalized spacial score (nSPS) is 12.5. The summed E-state index contributed by atoms with van der Waals surface area (Å²) in [6.07, 6.45) is 0. The lowest BCUT2D eigenvalue weighted by molar-refractivity contribution is 0.855. The van der Waals surface area contributed by atoms with Crippen LogP contribution in [0.15, 0.2) is 51.4 Å². The topological polar surface area (TPSA) is 26.0 Å². The van der Waals surface area contributed by atoms with Crippen LogP contribution in [0.5, 0.6) is 0 Å². The second kappa shape index (κ2) is 5.34. The van der Waals surface area contributed by atoms with Gasteiger partial charge in [-0.2, -0.15) is 0 Å². The summed E-state index contributed by atoms with van der Waals surface area (Å²) in [6, 6.07) is 14.2. The molecule has 1 nitrogen and oxygen atoms in total. The van der Waals surface area contributed by atoms with Gasteiger partial charge in [0.05, 0.1) is 6.04 Å². The van der Waals surface area contributed by atoms with E-state index in [-0.39, 0.29) is 6.04 Å². The molecule has 0 spiro atoms. The van der Waals surface area contributed by atoms with Gasteiger partial charge in [0.15, 0.2) is 0 Å². The first-order chi connectivity index (χ1) is 8.09. The molecule has 0 saturated heterocycles. The van der Waals surface area contributed by atoms with Gasteiger partial charge in [0.2, 0.25) is 0 Å². The first kappa shape index (κ1) is 12.8. The van der Waals surface area contributed by atoms with Gasteiger partial charge in [-0.15, -0.1) is 0 Å². The molecule has 0 aliphatic heterocycles. The van der Waals surface area contributed by atoms with E-state index in [0.29, 0.717) is 0 Å². The molecule has 0 radical (unpaired) electrons. The second-order valence-electron chi connectivity index (χ2n) is 4.00. The number of hydrogen-bond donors (Lipinski definition) is 1. The third kappa shape index (κ3) is 2.79. The van der Waals surface area contributed by atoms with E-state index in [1.807, 2.05) is 24.3 Å². The van der Waals surface area contributed by atoms with E-state index >= 15 is 0 Å². The van der Waals surface area contributed by atoms with Crippen molar-refractivity contribution in [3.63, 3.8) is 0 Å². The highest BCUT2D eigenvalue weighted by molar-refractivity contribution is 9.11. The van der Waals surface area contributed by atoms with Crippen LogP contribution in [0.3, 0.4) is 0 Å². The molecule has 1 unspecified atom stereocenters. The molecule has 1 atom stereocenters. The smallest absolute Gasteiger partial charge is 0.0565 e. The number of rotatable bonds is 2. The summed E-state index contributed by atoms with van der Waals surface area (Å²) in [5, 5.41) is 0. The SMILES string of the molecule is Cc1ccccc1C(N)c1cc(Br)ccc1Br. The monoisotopic (exact) mass is 353 g/mol. The van der Waals surface area contributed by atoms with Gasteiger partial charge in [0.25, 0.3) is 0 Å². The Morgan fingerprint density at radius 3 is 2.41 bits per heavy atom. The highest BCUT2D eigenvalue weighted by atomic mass is 79.9. The van der Waals surface area contributed by atoms with Crippen LogP contribution in [0.25, 0.3) is 0 Å². The maximum atomic E-state index is 6.34. The Labute approximate surface area is 118 Å². The molecule has 0 saturated carbocycles. The Kier molecular flexibility index (Phi) is 4.02. The fraction of sp³-hybridized carbons (Fsp3) is 0.143. The molecule has 2 aromatic carbocycles. The van der Waals surface area contributed by atoms with Crippen molar-refractivity contribution >= 4 is 31.9 Å². The molecular formula is C14H13Br2N. The van der Waals surface area contributed by atoms with Crippen molar-refractivity contribution in [2.45, 2.75) is 13.0 Å². The first-order valence-corrected chi connectivity index (χ1v) is 6.94. The molecule has 17 heavy (non-hydrogen) atoms. The van der Waals surface area contributed by atoms with Crippen LogP contribution >= 0.6 is 31.9 Å². The largest absolute Gasteiger partial charge is 0.320 e. The number of nitrogens with two attached hydrogens (primary N) is 1. The van der Waals surface area contributed by atoms with Gasteiger partial charge in [-0.3, -0.25) is 0 Å². The molecule has 0 aromatic heterocycles. The molecule has 2 N–H and O–H groups in total. The van der Waals surface area contributed by atoms with Gasteiger partial charge in [-0.05, 0) is 41.8 Å². The van der Waals surface area contributed by atoms with Crippen LogP contribution in [0.4, 0.5) is 0 Å². The predicted molar refractivity (Wildman–Crippen MR) is 79.1 cm³/mol. The van der Waals surface area contributed by atoms with E-state index in [2.05, 4.69) is 57.0 Å². The highest BCUT2D eigenvalue weighted by Crippen LogP contribution is 2.30. The van der Waals surface area contributed by atoms with E-state index in [4.69, 9.17) is 5.73 Å². The number of benzene rings is 2. The number of hydrogen-bond acceptors (Lipinski definition) is 1. The van der Waals surface area contributed by atoms with Crippen molar-refractivity contribution in [1.29, 1.82) is 0 Å². The lowest BCUT2D eigenvalue weighted by Crippen LogP contribution is -2.13. The Bertz CT molecular complexity index is 537. The number of aryl methyl sites for hydroxylation is 1. The lowest BCUT2D eigenvalue weighted by Gasteiger charge is -2.17. The van der Waals surface area contributed by atoms with Crippen molar-refractivity contribution in [3.8, 4) is 0 Å². The molecule has 3 heteroatoms. The molecule has 0 heterocycles. The predicted octanol–water partition coefficient (Wildman–Crippen LogP) is 4.57. The Morgan fingerprint density at radius 1 is 1.00 bits per heavy atom. The minimum atomic E-state index is -0.108. The van der Waals surface area contributed by atoms with E-state index < -0.39 is 0 Å². The zero-order valence-electron chi connectivity index (χ0n) is 9.45. The van der Waals surface area contributed by atoms with Crippen molar-refractivity contribution < 1.29 is 0 Å². The molecule has 0 bridgehead atoms. The van der Waals surface area contributed by atoms with Crippen molar-refractivity contribution in [1.82, 2.24) is 0 Å². The van der Waals surface area contributed by atoms with Crippen LogP contribution in [-0.4, -0.2) is 0 Å². The summed E-state index contributed by atoms with van der Waals surface area (Å²) in [5.74, 6) is 0. The van der Waals surface area contributed by atoms with Gasteiger partial charge < -0.3 is 5.73 Å². The number of halogens is 2. The Balaban J connectivity index is 2.47. The zero-order chi connectivity index (χ0) is 12.4. The van der Waals surface area contributed by atoms with Gasteiger partial charge in [0.1, 0.15) is 0 Å². The quantitative estimate of drug-likeness (QED) is 0.839. The summed E-state index contributed by atoms with van der Waals surface area (Å²) in [7, 11) is 0. The van der Waals surface area contributed by atoms with E-state index in [9.17, 15) is 0 Å². The lowest BCUT2D eigenvalue weighted by atomic mass is 9.96. The summed E-state index contributed by atoms with van der Waals surface area (Å²) >= 11 is 7.03. The molecule has 0 aliphatic carbocycles. The summed E-state index contributed by atoms with van der Waals surface area (Å²) in [5.41, 5.74) is 9.80. The van der Waals surface area contributed by atoms with Crippen molar-refractivity contribution in [2.75, 3.05) is 0 Å². The molecule has 2 aromatic rings. The van der Waals surface area contributed by atoms with Gasteiger partial charge in [0, 0.05) is 8.95 Å². The Hall–Kier alpha value is -0.640. The van der Waals surface area contributed by atoms with Crippen LogP contribution in [-0.2, 0) is 0 Å². The van der Waals surface area contributed by atoms with Crippen molar-refractivity contribution in [2.24, 2.45) is 5.73 Å².